The van der Waals surface area contributed by atoms with Crippen LogP contribution in [-0.2, 0) is 14.1 Å². The Hall–Kier alpha value is -2.43. The van der Waals surface area contributed by atoms with E-state index < -0.39 is 0 Å². The van der Waals surface area contributed by atoms with Crippen molar-refractivity contribution in [2.24, 2.45) is 14.1 Å². The Morgan fingerprint density at radius 1 is 1.17 bits per heavy atom. The molecule has 3 rings (SSSR count). The van der Waals surface area contributed by atoms with E-state index >= 15 is 0 Å². The van der Waals surface area contributed by atoms with E-state index in [0.29, 0.717) is 5.82 Å². The van der Waals surface area contributed by atoms with Crippen molar-refractivity contribution in [1.82, 2.24) is 14.3 Å². The minimum atomic E-state index is 0.260. The molecule has 0 aliphatic heterocycles. The molecule has 0 atom stereocenters. The molecular weight excluding hydrogens is 228 g/mol. The second-order valence-corrected chi connectivity index (χ2v) is 4.41. The van der Waals surface area contributed by atoms with Crippen LogP contribution in [-0.4, -0.2) is 19.5 Å². The molecule has 1 aromatic carbocycles. The Morgan fingerprint density at radius 2 is 1.94 bits per heavy atom. The number of rotatable bonds is 1. The lowest BCUT2D eigenvalue weighted by atomic mass is 10.2. The van der Waals surface area contributed by atoms with Crippen LogP contribution in [0.15, 0.2) is 30.3 Å². The van der Waals surface area contributed by atoms with Crippen LogP contribution in [0.1, 0.15) is 0 Å². The number of nitrogens with two attached hydrogens (primary N) is 1. The van der Waals surface area contributed by atoms with E-state index in [4.69, 9.17) is 5.73 Å². The molecule has 0 unspecified atom stereocenters. The van der Waals surface area contributed by atoms with Crippen LogP contribution in [0.5, 0.6) is 5.75 Å². The Kier molecular flexibility index (Phi) is 2.10. The van der Waals surface area contributed by atoms with Gasteiger partial charge in [-0.25, -0.2) is 0 Å². The largest absolute Gasteiger partial charge is 0.508 e. The Morgan fingerprint density at radius 3 is 2.61 bits per heavy atom. The zero-order valence-corrected chi connectivity index (χ0v) is 10.3. The number of aromatic nitrogens is 3. The first-order chi connectivity index (χ1) is 8.56. The second-order valence-electron chi connectivity index (χ2n) is 4.41. The van der Waals surface area contributed by atoms with Crippen LogP contribution >= 0.6 is 0 Å². The highest BCUT2D eigenvalue weighted by molar-refractivity contribution is 5.87. The van der Waals surface area contributed by atoms with Gasteiger partial charge < -0.3 is 15.4 Å². The topological polar surface area (TPSA) is 69.0 Å². The molecular formula is C13H14N4O. The summed E-state index contributed by atoms with van der Waals surface area (Å²) in [7, 11) is 3.76. The van der Waals surface area contributed by atoms with Crippen molar-refractivity contribution in [2.45, 2.75) is 0 Å². The summed E-state index contributed by atoms with van der Waals surface area (Å²) in [6.07, 6.45) is 0. The molecule has 2 aromatic heterocycles. The normalized spacial score (nSPS) is 11.2. The van der Waals surface area contributed by atoms with Crippen LogP contribution in [0.2, 0.25) is 0 Å². The van der Waals surface area contributed by atoms with Gasteiger partial charge in [0, 0.05) is 31.6 Å². The third-order valence-electron chi connectivity index (χ3n) is 3.21. The quantitative estimate of drug-likeness (QED) is 0.684. The number of phenols is 1. The third kappa shape index (κ3) is 1.44. The number of nitrogens with zero attached hydrogens (tertiary/aromatic N) is 3. The number of aryl methyl sites for hydroxylation is 2. The van der Waals surface area contributed by atoms with Crippen molar-refractivity contribution in [1.29, 1.82) is 0 Å². The van der Waals surface area contributed by atoms with Crippen LogP contribution in [0, 0.1) is 0 Å². The highest BCUT2D eigenvalue weighted by Crippen LogP contribution is 2.29. The van der Waals surface area contributed by atoms with E-state index in [2.05, 4.69) is 5.10 Å². The fourth-order valence-corrected chi connectivity index (χ4v) is 2.17. The van der Waals surface area contributed by atoms with Crippen molar-refractivity contribution in [3.05, 3.63) is 30.3 Å². The summed E-state index contributed by atoms with van der Waals surface area (Å²) in [6, 6.07) is 9.19. The van der Waals surface area contributed by atoms with Gasteiger partial charge in [0.1, 0.15) is 17.3 Å². The highest BCUT2D eigenvalue weighted by atomic mass is 16.3. The highest BCUT2D eigenvalue weighted by Gasteiger charge is 2.12. The molecule has 0 spiro atoms. The molecule has 0 fully saturated rings. The molecule has 92 valence electrons. The molecule has 18 heavy (non-hydrogen) atoms. The lowest BCUT2D eigenvalue weighted by molar-refractivity contribution is 0.476. The molecule has 0 radical (unpaired) electrons. The van der Waals surface area contributed by atoms with Gasteiger partial charge >= 0.3 is 0 Å². The SMILES string of the molecule is Cn1nc(-c2cc3ccc(O)cc3n2C)cc1N. The maximum atomic E-state index is 9.53. The minimum absolute atomic E-state index is 0.260. The van der Waals surface area contributed by atoms with Gasteiger partial charge in [-0.05, 0) is 18.2 Å². The maximum absolute atomic E-state index is 9.53. The van der Waals surface area contributed by atoms with Crippen molar-refractivity contribution in [3.63, 3.8) is 0 Å². The molecule has 0 amide bonds. The molecule has 3 aromatic rings. The Bertz CT molecular complexity index is 719. The fourth-order valence-electron chi connectivity index (χ4n) is 2.17. The third-order valence-corrected chi connectivity index (χ3v) is 3.21. The molecule has 0 saturated carbocycles. The average molecular weight is 242 g/mol. The van der Waals surface area contributed by atoms with Gasteiger partial charge in [-0.1, -0.05) is 0 Å². The summed E-state index contributed by atoms with van der Waals surface area (Å²) in [5.74, 6) is 0.883. The molecule has 5 heteroatoms. The molecule has 0 aliphatic carbocycles. The van der Waals surface area contributed by atoms with Gasteiger partial charge in [-0.3, -0.25) is 4.68 Å². The zero-order valence-electron chi connectivity index (χ0n) is 10.3. The lowest BCUT2D eigenvalue weighted by Crippen LogP contribution is -1.97. The lowest BCUT2D eigenvalue weighted by Gasteiger charge is -2.01. The average Bonchev–Trinajstić information content (AvgIpc) is 2.82. The van der Waals surface area contributed by atoms with E-state index in [1.165, 1.54) is 0 Å². The predicted molar refractivity (Wildman–Crippen MR) is 71.2 cm³/mol. The van der Waals surface area contributed by atoms with E-state index in [1.54, 1.807) is 16.8 Å². The number of hydrogen-bond acceptors (Lipinski definition) is 3. The fraction of sp³-hybridized carbons (Fsp3) is 0.154. The summed E-state index contributed by atoms with van der Waals surface area (Å²) < 4.78 is 3.64. The number of aromatic hydroxyl groups is 1. The van der Waals surface area contributed by atoms with E-state index in [-0.39, 0.29) is 5.75 Å². The van der Waals surface area contributed by atoms with E-state index in [0.717, 1.165) is 22.3 Å². The minimum Gasteiger partial charge on any atom is -0.508 e. The summed E-state index contributed by atoms with van der Waals surface area (Å²) >= 11 is 0. The van der Waals surface area contributed by atoms with Gasteiger partial charge in [0.25, 0.3) is 0 Å². The standard InChI is InChI=1S/C13H14N4O/c1-16-11-6-9(18)4-3-8(11)5-12(16)10-7-13(14)17(2)15-10/h3-7,18H,14H2,1-2H3. The number of anilines is 1. The molecule has 2 heterocycles. The summed E-state index contributed by atoms with van der Waals surface area (Å²) in [4.78, 5) is 0. The number of phenolic OH excluding ortho intramolecular Hbond substituents is 1. The first-order valence-electron chi connectivity index (χ1n) is 5.64. The van der Waals surface area contributed by atoms with E-state index in [9.17, 15) is 5.11 Å². The molecule has 5 nitrogen and oxygen atoms in total. The summed E-state index contributed by atoms with van der Waals surface area (Å²) in [6.45, 7) is 0. The van der Waals surface area contributed by atoms with Crippen molar-refractivity contribution in [2.75, 3.05) is 5.73 Å². The van der Waals surface area contributed by atoms with Crippen LogP contribution < -0.4 is 5.73 Å². The zero-order chi connectivity index (χ0) is 12.9. The van der Waals surface area contributed by atoms with Gasteiger partial charge in [0.05, 0.1) is 11.2 Å². The molecule has 3 N–H and O–H groups in total. The first kappa shape index (κ1) is 10.7. The number of hydrogen-bond donors (Lipinski definition) is 2. The van der Waals surface area contributed by atoms with Crippen LogP contribution in [0.4, 0.5) is 5.82 Å². The Labute approximate surface area is 104 Å². The van der Waals surface area contributed by atoms with Crippen molar-refractivity contribution >= 4 is 16.7 Å². The number of benzene rings is 1. The Balaban J connectivity index is 2.26. The van der Waals surface area contributed by atoms with Crippen molar-refractivity contribution in [3.8, 4) is 17.1 Å². The van der Waals surface area contributed by atoms with Crippen LogP contribution in [0.25, 0.3) is 22.3 Å². The molecule has 0 bridgehead atoms. The van der Waals surface area contributed by atoms with Crippen molar-refractivity contribution < 1.29 is 5.11 Å². The molecule has 0 aliphatic rings. The number of fused-ring (bicyclic) bond motifs is 1. The second kappa shape index (κ2) is 3.53. The smallest absolute Gasteiger partial charge is 0.122 e. The van der Waals surface area contributed by atoms with Gasteiger partial charge in [-0.2, -0.15) is 5.10 Å². The monoisotopic (exact) mass is 242 g/mol. The van der Waals surface area contributed by atoms with Gasteiger partial charge in [-0.15, -0.1) is 0 Å². The first-order valence-corrected chi connectivity index (χ1v) is 5.64. The molecule has 0 saturated heterocycles. The number of nitrogen functional groups attached to an aromatic ring is 1. The van der Waals surface area contributed by atoms with Gasteiger partial charge in [0.2, 0.25) is 0 Å². The van der Waals surface area contributed by atoms with Crippen LogP contribution in [0.3, 0.4) is 0 Å². The predicted octanol–water partition coefficient (Wildman–Crippen LogP) is 1.87. The summed E-state index contributed by atoms with van der Waals surface area (Å²) in [5.41, 5.74) is 8.57. The maximum Gasteiger partial charge on any atom is 0.122 e. The van der Waals surface area contributed by atoms with Gasteiger partial charge in [0.15, 0.2) is 0 Å². The van der Waals surface area contributed by atoms with E-state index in [1.807, 2.05) is 36.9 Å². The summed E-state index contributed by atoms with van der Waals surface area (Å²) in [5, 5.41) is 15.0.